The summed E-state index contributed by atoms with van der Waals surface area (Å²) in [6.45, 7) is 0. The molecule has 8 heteroatoms. The van der Waals surface area contributed by atoms with Crippen molar-refractivity contribution in [3.05, 3.63) is 0 Å². The average Bonchev–Trinajstić information content (AvgIpc) is 1.30. The van der Waals surface area contributed by atoms with Crippen molar-refractivity contribution in [2.75, 3.05) is 0 Å². The maximum absolute atomic E-state index is 10.6. The average molecular weight is 225 g/mol. The topological polar surface area (TPSA) is 9.23 Å². The van der Waals surface area contributed by atoms with Crippen LogP contribution in [-0.2, 0) is 3.37 Å². The second-order valence-corrected chi connectivity index (χ2v) is 5.65. The van der Waals surface area contributed by atoms with Crippen LogP contribution in [0.3, 0.4) is 0 Å². The first kappa shape index (κ1) is 8.42. The molecule has 0 aliphatic rings. The molecule has 0 saturated heterocycles. The summed E-state index contributed by atoms with van der Waals surface area (Å²) in [5.41, 5.74) is 0. The van der Waals surface area contributed by atoms with Gasteiger partial charge in [-0.2, -0.15) is 0 Å². The van der Waals surface area contributed by atoms with Crippen molar-refractivity contribution in [1.29, 1.82) is 0 Å². The van der Waals surface area contributed by atoms with E-state index in [0.29, 0.717) is 0 Å². The van der Waals surface area contributed by atoms with Crippen LogP contribution in [0.2, 0.25) is 0 Å². The molecule has 1 nitrogen and oxygen atoms in total. The van der Waals surface area contributed by atoms with E-state index in [1.54, 1.807) is 3.37 Å². The Morgan fingerprint density at radius 1 is 1.00 bits per heavy atom. The van der Waals surface area contributed by atoms with E-state index in [1.165, 1.54) is 0 Å². The normalized spacial score (nSPS) is 21.8. The van der Waals surface area contributed by atoms with Crippen molar-refractivity contribution in [2.24, 2.45) is 0 Å². The Labute approximate surface area is 47.1 Å². The van der Waals surface area contributed by atoms with Crippen LogP contribution in [0.15, 0.2) is 0 Å². The Balaban J connectivity index is 4.50. The second-order valence-electron chi connectivity index (χ2n) is 0.961. The first-order chi connectivity index (χ1) is 3.04. The summed E-state index contributed by atoms with van der Waals surface area (Å²) in [4.78, 5) is 0. The van der Waals surface area contributed by atoms with Crippen LogP contribution >= 0.6 is 11.9 Å². The van der Waals surface area contributed by atoms with Crippen LogP contribution < -0.4 is 0 Å². The van der Waals surface area contributed by atoms with Gasteiger partial charge in [0.1, 0.15) is 0 Å². The Kier molecular flexibility index (Phi) is 1.19. The van der Waals surface area contributed by atoms with Crippen LogP contribution in [-0.4, -0.2) is 13.3 Å². The molecule has 0 N–H and O–H groups in total. The zero-order chi connectivity index (χ0) is 7.12. The predicted molar refractivity (Wildman–Crippen MR) is 18.2 cm³/mol. The van der Waals surface area contributed by atoms with Gasteiger partial charge < -0.3 is 0 Å². The quantitative estimate of drug-likeness (QED) is 0.492. The molecule has 0 fully saturated rings. The molecule has 0 radical (unpaired) electrons. The minimum atomic E-state index is -10.2. The summed E-state index contributed by atoms with van der Waals surface area (Å²) in [6.07, 6.45) is 0. The molecule has 0 saturated carbocycles. The Morgan fingerprint density at radius 3 is 1.12 bits per heavy atom. The molecule has 0 aromatic heterocycles. The van der Waals surface area contributed by atoms with E-state index in [4.69, 9.17) is 0 Å². The number of hydrogen-bond acceptors (Lipinski definition) is 1. The third-order valence-corrected chi connectivity index (χ3v) is 1.86. The molecule has 0 heterocycles. The van der Waals surface area contributed by atoms with Gasteiger partial charge in [0.25, 0.3) is 0 Å². The number of halogens is 6. The van der Waals surface area contributed by atoms with Gasteiger partial charge in [0.05, 0.1) is 0 Å². The maximum atomic E-state index is 10.6. The Morgan fingerprint density at radius 2 is 1.12 bits per heavy atom. The summed E-state index contributed by atoms with van der Waals surface area (Å²) >= 11 is -6.78. The van der Waals surface area contributed by atoms with Gasteiger partial charge in [0.15, 0.2) is 0 Å². The Bertz CT molecular complexity index is 95.6. The van der Waals surface area contributed by atoms with Gasteiger partial charge in [-0.25, -0.2) is 0 Å². The fourth-order valence-electron chi connectivity index (χ4n) is 0. The van der Waals surface area contributed by atoms with E-state index in [0.717, 1.165) is 0 Å². The van der Waals surface area contributed by atoms with Crippen molar-refractivity contribution in [1.82, 2.24) is 0 Å². The van der Waals surface area contributed by atoms with Crippen LogP contribution in [0, 0.1) is 0 Å². The summed E-state index contributed by atoms with van der Waals surface area (Å²) in [7, 11) is 0. The molecule has 0 aliphatic carbocycles. The zero-order valence-electron chi connectivity index (χ0n) is 3.08. The van der Waals surface area contributed by atoms with Gasteiger partial charge in [-0.3, -0.25) is 0 Å². The summed E-state index contributed by atoms with van der Waals surface area (Å²) in [5, 5.41) is 0. The SMILES string of the molecule is F[Se](F)(F)(F)(F)OCl. The standard InChI is InChI=1S/ClF5OSe/c1-7-8(2,3,4,5)6. The van der Waals surface area contributed by atoms with Gasteiger partial charge in [0.2, 0.25) is 0 Å². The molecule has 0 unspecified atom stereocenters. The molecular formula is ClF5OSe. The van der Waals surface area contributed by atoms with E-state index in [1.807, 2.05) is 0 Å². The van der Waals surface area contributed by atoms with Crippen molar-refractivity contribution in [2.45, 2.75) is 0 Å². The molecule has 0 aliphatic heterocycles. The zero-order valence-corrected chi connectivity index (χ0v) is 5.55. The van der Waals surface area contributed by atoms with E-state index in [9.17, 15) is 17.8 Å². The van der Waals surface area contributed by atoms with Crippen LogP contribution in [0.4, 0.5) is 17.8 Å². The van der Waals surface area contributed by atoms with Crippen molar-refractivity contribution >= 4 is 25.2 Å². The molecule has 0 spiro atoms. The summed E-state index contributed by atoms with van der Waals surface area (Å²) < 4.78 is 54.8. The van der Waals surface area contributed by atoms with Gasteiger partial charge in [0, 0.05) is 0 Å². The fraction of sp³-hybridized carbons (Fsp3) is 0. The molecule has 0 amide bonds. The molecule has 8 heavy (non-hydrogen) atoms. The molecule has 0 rings (SSSR count). The molecule has 0 bridgehead atoms. The third kappa shape index (κ3) is 6.42. The molecule has 0 aromatic carbocycles. The third-order valence-electron chi connectivity index (χ3n) is 0.119. The van der Waals surface area contributed by atoms with Gasteiger partial charge in [-0.15, -0.1) is 0 Å². The first-order valence-corrected chi connectivity index (χ1v) is 5.34. The van der Waals surface area contributed by atoms with Crippen molar-refractivity contribution in [3.8, 4) is 0 Å². The molecule has 0 atom stereocenters. The van der Waals surface area contributed by atoms with Crippen LogP contribution in [0.5, 0.6) is 0 Å². The van der Waals surface area contributed by atoms with E-state index in [2.05, 4.69) is 11.9 Å². The van der Waals surface area contributed by atoms with Crippen LogP contribution in [0.25, 0.3) is 0 Å². The second kappa shape index (κ2) is 1.13. The molecular weight excluding hydrogens is 225 g/mol. The van der Waals surface area contributed by atoms with Crippen molar-refractivity contribution < 1.29 is 21.1 Å². The van der Waals surface area contributed by atoms with Crippen molar-refractivity contribution in [3.63, 3.8) is 0 Å². The fourth-order valence-corrected chi connectivity index (χ4v) is 0. The van der Waals surface area contributed by atoms with Gasteiger partial charge in [-0.05, 0) is 0 Å². The van der Waals surface area contributed by atoms with E-state index in [-0.39, 0.29) is 0 Å². The Hall–Kier alpha value is 0.419. The van der Waals surface area contributed by atoms with Crippen LogP contribution in [0.1, 0.15) is 0 Å². The molecule has 0 aromatic rings. The number of hydrogen-bond donors (Lipinski definition) is 0. The number of rotatable bonds is 1. The summed E-state index contributed by atoms with van der Waals surface area (Å²) in [5.74, 6) is 0. The van der Waals surface area contributed by atoms with E-state index >= 15 is 0 Å². The molecule has 54 valence electrons. The monoisotopic (exact) mass is 226 g/mol. The van der Waals surface area contributed by atoms with Gasteiger partial charge in [-0.1, -0.05) is 0 Å². The summed E-state index contributed by atoms with van der Waals surface area (Å²) in [6, 6.07) is 0. The predicted octanol–water partition coefficient (Wildman–Crippen LogP) is 2.34. The van der Waals surface area contributed by atoms with E-state index < -0.39 is 13.3 Å². The first-order valence-electron chi connectivity index (χ1n) is 1.09. The minimum absolute atomic E-state index is 1.62. The van der Waals surface area contributed by atoms with Gasteiger partial charge >= 0.3 is 46.3 Å².